The van der Waals surface area contributed by atoms with Crippen LogP contribution in [0.5, 0.6) is 0 Å². The number of likely N-dealkylation sites (tertiary alicyclic amines) is 1. The predicted octanol–water partition coefficient (Wildman–Crippen LogP) is 2.07. The van der Waals surface area contributed by atoms with E-state index in [1.165, 1.54) is 25.9 Å². The minimum atomic E-state index is 0.713. The maximum Gasteiger partial charge on any atom is 0.0223 e. The Hall–Kier alpha value is 0.270. The largest absolute Gasteiger partial charge is 0.306 e. The fourth-order valence-electron chi connectivity index (χ4n) is 1.78. The molecule has 0 aromatic rings. The van der Waals surface area contributed by atoms with Gasteiger partial charge in [0.2, 0.25) is 0 Å². The van der Waals surface area contributed by atoms with Crippen molar-refractivity contribution >= 4 is 11.9 Å². The van der Waals surface area contributed by atoms with Gasteiger partial charge in [-0.15, -0.1) is 0 Å². The van der Waals surface area contributed by atoms with Crippen LogP contribution in [0, 0.1) is 0 Å². The predicted molar refractivity (Wildman–Crippen MR) is 61.0 cm³/mol. The Morgan fingerprint density at radius 3 is 2.31 bits per heavy atom. The average Bonchev–Trinajstić information content (AvgIpc) is 2.04. The van der Waals surface area contributed by atoms with Crippen LogP contribution < -0.4 is 0 Å². The maximum absolute atomic E-state index is 2.46. The van der Waals surface area contributed by atoms with E-state index in [1.54, 1.807) is 0 Å². The van der Waals surface area contributed by atoms with Crippen LogP contribution in [-0.2, 0) is 0 Å². The van der Waals surface area contributed by atoms with Crippen LogP contribution in [0.3, 0.4) is 0 Å². The molecule has 0 N–H and O–H groups in total. The molecule has 2 nitrogen and oxygen atoms in total. The Kier molecular flexibility index (Phi) is 4.56. The molecule has 0 saturated carbocycles. The third kappa shape index (κ3) is 3.88. The Morgan fingerprint density at radius 1 is 1.31 bits per heavy atom. The number of rotatable bonds is 3. The van der Waals surface area contributed by atoms with Crippen molar-refractivity contribution in [1.29, 1.82) is 0 Å². The van der Waals surface area contributed by atoms with E-state index in [2.05, 4.69) is 37.1 Å². The van der Waals surface area contributed by atoms with Crippen LogP contribution in [0.4, 0.5) is 0 Å². The van der Waals surface area contributed by atoms with E-state index in [1.807, 2.05) is 11.9 Å². The van der Waals surface area contributed by atoms with E-state index >= 15 is 0 Å². The molecule has 1 heterocycles. The molecule has 0 unspecified atom stereocenters. The van der Waals surface area contributed by atoms with Crippen molar-refractivity contribution in [3.05, 3.63) is 0 Å². The second kappa shape index (κ2) is 5.23. The van der Waals surface area contributed by atoms with E-state index in [0.29, 0.717) is 5.25 Å². The zero-order valence-electron chi connectivity index (χ0n) is 9.29. The lowest BCUT2D eigenvalue weighted by Crippen LogP contribution is -2.39. The van der Waals surface area contributed by atoms with Crippen molar-refractivity contribution in [2.45, 2.75) is 38.0 Å². The van der Waals surface area contributed by atoms with Gasteiger partial charge in [-0.25, -0.2) is 0 Å². The first-order chi connectivity index (χ1) is 6.09. The Bertz CT molecular complexity index is 142. The highest BCUT2D eigenvalue weighted by Gasteiger charge is 2.21. The van der Waals surface area contributed by atoms with Gasteiger partial charge in [-0.1, -0.05) is 25.8 Å². The molecule has 13 heavy (non-hydrogen) atoms. The van der Waals surface area contributed by atoms with Gasteiger partial charge in [0.1, 0.15) is 0 Å². The number of hydrogen-bond acceptors (Lipinski definition) is 3. The fraction of sp³-hybridized carbons (Fsp3) is 1.00. The summed E-state index contributed by atoms with van der Waals surface area (Å²) in [6, 6.07) is 0.795. The molecule has 0 aliphatic carbocycles. The first kappa shape index (κ1) is 11.3. The van der Waals surface area contributed by atoms with Gasteiger partial charge in [-0.05, 0) is 40.0 Å². The van der Waals surface area contributed by atoms with E-state index < -0.39 is 0 Å². The van der Waals surface area contributed by atoms with E-state index in [9.17, 15) is 0 Å². The molecule has 1 aliphatic heterocycles. The Morgan fingerprint density at radius 2 is 1.85 bits per heavy atom. The zero-order chi connectivity index (χ0) is 9.84. The van der Waals surface area contributed by atoms with Gasteiger partial charge in [0.05, 0.1) is 0 Å². The monoisotopic (exact) mass is 202 g/mol. The van der Waals surface area contributed by atoms with Crippen LogP contribution in [0.15, 0.2) is 0 Å². The quantitative estimate of drug-likeness (QED) is 0.647. The van der Waals surface area contributed by atoms with E-state index in [0.717, 1.165) is 6.04 Å². The minimum absolute atomic E-state index is 0.713. The van der Waals surface area contributed by atoms with Crippen molar-refractivity contribution in [2.24, 2.45) is 0 Å². The summed E-state index contributed by atoms with van der Waals surface area (Å²) in [7, 11) is 4.45. The van der Waals surface area contributed by atoms with Crippen molar-refractivity contribution in [1.82, 2.24) is 9.21 Å². The molecular formula is C10H22N2S. The SMILES string of the molecule is CC(C)SN(C)C1CCN(C)CC1. The van der Waals surface area contributed by atoms with Gasteiger partial charge in [0, 0.05) is 11.3 Å². The van der Waals surface area contributed by atoms with E-state index in [-0.39, 0.29) is 0 Å². The molecule has 3 heteroatoms. The lowest BCUT2D eigenvalue weighted by Gasteiger charge is -2.35. The zero-order valence-corrected chi connectivity index (χ0v) is 10.1. The fourth-order valence-corrected chi connectivity index (χ4v) is 2.83. The smallest absolute Gasteiger partial charge is 0.0223 e. The van der Waals surface area contributed by atoms with Gasteiger partial charge in [-0.2, -0.15) is 0 Å². The van der Waals surface area contributed by atoms with Crippen molar-refractivity contribution in [3.8, 4) is 0 Å². The van der Waals surface area contributed by atoms with Gasteiger partial charge < -0.3 is 4.90 Å². The summed E-state index contributed by atoms with van der Waals surface area (Å²) in [4.78, 5) is 2.42. The summed E-state index contributed by atoms with van der Waals surface area (Å²) in [6.45, 7) is 7.04. The standard InChI is InChI=1S/C10H22N2S/c1-9(2)13-12(4)10-5-7-11(3)8-6-10/h9-10H,5-8H2,1-4H3. The Balaban J connectivity index is 2.27. The summed E-state index contributed by atoms with van der Waals surface area (Å²) in [5.74, 6) is 0. The van der Waals surface area contributed by atoms with Crippen molar-refractivity contribution < 1.29 is 0 Å². The second-order valence-electron chi connectivity index (χ2n) is 4.23. The third-order valence-electron chi connectivity index (χ3n) is 2.58. The number of hydrogen-bond donors (Lipinski definition) is 0. The highest BCUT2D eigenvalue weighted by atomic mass is 32.2. The lowest BCUT2D eigenvalue weighted by molar-refractivity contribution is 0.204. The van der Waals surface area contributed by atoms with Gasteiger partial charge in [-0.3, -0.25) is 4.31 Å². The van der Waals surface area contributed by atoms with Crippen LogP contribution in [0.2, 0.25) is 0 Å². The normalized spacial score (nSPS) is 21.7. The van der Waals surface area contributed by atoms with Crippen molar-refractivity contribution in [2.75, 3.05) is 27.2 Å². The highest BCUT2D eigenvalue weighted by Crippen LogP contribution is 2.23. The molecule has 0 aromatic carbocycles. The Labute approximate surface area is 86.8 Å². The molecule has 1 rings (SSSR count). The molecule has 0 aromatic heterocycles. The molecule has 78 valence electrons. The molecule has 1 fully saturated rings. The summed E-state index contributed by atoms with van der Waals surface area (Å²) in [5, 5.41) is 0.713. The molecular weight excluding hydrogens is 180 g/mol. The first-order valence-corrected chi connectivity index (χ1v) is 6.01. The molecule has 0 bridgehead atoms. The molecule has 0 spiro atoms. The van der Waals surface area contributed by atoms with Crippen LogP contribution in [0.25, 0.3) is 0 Å². The van der Waals surface area contributed by atoms with Gasteiger partial charge in [0.15, 0.2) is 0 Å². The second-order valence-corrected chi connectivity index (χ2v) is 5.96. The van der Waals surface area contributed by atoms with Crippen molar-refractivity contribution in [3.63, 3.8) is 0 Å². The molecule has 0 amide bonds. The van der Waals surface area contributed by atoms with Crippen LogP contribution in [0.1, 0.15) is 26.7 Å². The summed E-state index contributed by atoms with van der Waals surface area (Å²) < 4.78 is 2.46. The topological polar surface area (TPSA) is 6.48 Å². The summed E-state index contributed by atoms with van der Waals surface area (Å²) >= 11 is 1.98. The highest BCUT2D eigenvalue weighted by molar-refractivity contribution is 7.97. The number of piperidine rings is 1. The lowest BCUT2D eigenvalue weighted by atomic mass is 10.1. The minimum Gasteiger partial charge on any atom is -0.306 e. The molecule has 1 saturated heterocycles. The van der Waals surface area contributed by atoms with Crippen LogP contribution >= 0.6 is 11.9 Å². The molecule has 0 atom stereocenters. The van der Waals surface area contributed by atoms with Gasteiger partial charge >= 0.3 is 0 Å². The number of nitrogens with zero attached hydrogens (tertiary/aromatic N) is 2. The average molecular weight is 202 g/mol. The summed E-state index contributed by atoms with van der Waals surface area (Å²) in [5.41, 5.74) is 0. The van der Waals surface area contributed by atoms with Gasteiger partial charge in [0.25, 0.3) is 0 Å². The third-order valence-corrected chi connectivity index (χ3v) is 3.63. The summed E-state index contributed by atoms with van der Waals surface area (Å²) in [6.07, 6.45) is 2.65. The maximum atomic E-state index is 2.46. The molecule has 0 radical (unpaired) electrons. The first-order valence-electron chi connectivity index (χ1n) is 5.17. The molecule has 1 aliphatic rings. The van der Waals surface area contributed by atoms with E-state index in [4.69, 9.17) is 0 Å². The van der Waals surface area contributed by atoms with Crippen LogP contribution in [-0.4, -0.2) is 47.7 Å².